The molecule has 4 heteroatoms. The van der Waals surface area contributed by atoms with Crippen LogP contribution in [0.25, 0.3) is 11.1 Å². The summed E-state index contributed by atoms with van der Waals surface area (Å²) in [5.74, 6) is 1.10. The normalized spacial score (nSPS) is 10.8. The monoisotopic (exact) mass is 438 g/mol. The molecule has 0 spiro atoms. The smallest absolute Gasteiger partial charge is 0.251 e. The van der Waals surface area contributed by atoms with E-state index in [0.29, 0.717) is 12.1 Å². The number of hydrogen-bond donors (Lipinski definition) is 1. The van der Waals surface area contributed by atoms with E-state index in [4.69, 9.17) is 10.5 Å². The van der Waals surface area contributed by atoms with Crippen molar-refractivity contribution in [2.24, 2.45) is 5.73 Å². The van der Waals surface area contributed by atoms with Crippen LogP contribution in [0.1, 0.15) is 47.1 Å². The van der Waals surface area contributed by atoms with E-state index in [0.717, 1.165) is 53.3 Å². The fourth-order valence-electron chi connectivity index (χ4n) is 4.33. The van der Waals surface area contributed by atoms with Crippen LogP contribution in [0, 0.1) is 6.92 Å². The number of hydrogen-bond acceptors (Lipinski definition) is 2. The van der Waals surface area contributed by atoms with Crippen LogP contribution < -0.4 is 10.5 Å². The average Bonchev–Trinajstić information content (AvgIpc) is 3.10. The summed E-state index contributed by atoms with van der Waals surface area (Å²) in [6, 6.07) is 27.9. The van der Waals surface area contributed by atoms with Gasteiger partial charge in [-0.15, -0.1) is 0 Å². The highest BCUT2D eigenvalue weighted by atomic mass is 16.5. The van der Waals surface area contributed by atoms with Gasteiger partial charge in [-0.2, -0.15) is 0 Å². The largest absolute Gasteiger partial charge is 0.457 e. The number of ether oxygens (including phenoxy) is 1. The minimum atomic E-state index is -0.401. The highest BCUT2D eigenvalue weighted by Gasteiger charge is 2.25. The molecule has 0 atom stereocenters. The maximum atomic E-state index is 12.7. The van der Waals surface area contributed by atoms with Gasteiger partial charge >= 0.3 is 0 Å². The first kappa shape index (κ1) is 22.4. The third-order valence-corrected chi connectivity index (χ3v) is 5.93. The molecule has 168 valence electrons. The number of unbranched alkanes of at least 4 members (excludes halogenated alkanes) is 1. The van der Waals surface area contributed by atoms with Gasteiger partial charge in [0.05, 0.1) is 5.56 Å². The number of nitrogens with zero attached hydrogens (tertiary/aromatic N) is 1. The van der Waals surface area contributed by atoms with Crippen LogP contribution in [0.4, 0.5) is 0 Å². The number of benzene rings is 3. The molecule has 4 nitrogen and oxygen atoms in total. The predicted molar refractivity (Wildman–Crippen MR) is 134 cm³/mol. The van der Waals surface area contributed by atoms with E-state index >= 15 is 0 Å². The predicted octanol–water partition coefficient (Wildman–Crippen LogP) is 6.75. The Morgan fingerprint density at radius 1 is 0.909 bits per heavy atom. The second-order valence-corrected chi connectivity index (χ2v) is 8.26. The van der Waals surface area contributed by atoms with Gasteiger partial charge in [0.2, 0.25) is 0 Å². The maximum absolute atomic E-state index is 12.7. The van der Waals surface area contributed by atoms with Crippen LogP contribution in [-0.4, -0.2) is 10.5 Å². The SMILES string of the molecule is CCCCc1c(-c2cccc(Oc3ccccc3)c2)c(C(N)=O)c(C)n1Cc1ccccc1. The maximum Gasteiger partial charge on any atom is 0.251 e. The Kier molecular flexibility index (Phi) is 6.94. The van der Waals surface area contributed by atoms with Crippen molar-refractivity contribution in [3.05, 3.63) is 107 Å². The summed E-state index contributed by atoms with van der Waals surface area (Å²) >= 11 is 0. The van der Waals surface area contributed by atoms with Gasteiger partial charge in [0.1, 0.15) is 11.5 Å². The van der Waals surface area contributed by atoms with Crippen molar-refractivity contribution in [2.45, 2.75) is 39.7 Å². The van der Waals surface area contributed by atoms with E-state index in [1.54, 1.807) is 0 Å². The topological polar surface area (TPSA) is 57.2 Å². The van der Waals surface area contributed by atoms with Crippen molar-refractivity contribution in [2.75, 3.05) is 0 Å². The van der Waals surface area contributed by atoms with Crippen LogP contribution in [0.15, 0.2) is 84.9 Å². The second kappa shape index (κ2) is 10.2. The summed E-state index contributed by atoms with van der Waals surface area (Å²) < 4.78 is 8.33. The minimum Gasteiger partial charge on any atom is -0.457 e. The van der Waals surface area contributed by atoms with Crippen molar-refractivity contribution < 1.29 is 9.53 Å². The van der Waals surface area contributed by atoms with Gasteiger partial charge < -0.3 is 15.0 Å². The summed E-state index contributed by atoms with van der Waals surface area (Å²) in [6.07, 6.45) is 2.97. The molecule has 33 heavy (non-hydrogen) atoms. The van der Waals surface area contributed by atoms with Crippen LogP contribution in [0.3, 0.4) is 0 Å². The van der Waals surface area contributed by atoms with Crippen molar-refractivity contribution >= 4 is 5.91 Å². The van der Waals surface area contributed by atoms with Gasteiger partial charge in [-0.3, -0.25) is 4.79 Å². The van der Waals surface area contributed by atoms with E-state index in [2.05, 4.69) is 23.6 Å². The molecule has 0 aliphatic rings. The lowest BCUT2D eigenvalue weighted by atomic mass is 9.97. The van der Waals surface area contributed by atoms with E-state index < -0.39 is 5.91 Å². The fourth-order valence-corrected chi connectivity index (χ4v) is 4.33. The molecule has 2 N–H and O–H groups in total. The summed E-state index contributed by atoms with van der Waals surface area (Å²) in [5, 5.41) is 0. The molecule has 0 saturated heterocycles. The van der Waals surface area contributed by atoms with Crippen molar-refractivity contribution in [1.29, 1.82) is 0 Å². The summed E-state index contributed by atoms with van der Waals surface area (Å²) in [4.78, 5) is 12.7. The fraction of sp³-hybridized carbons (Fsp3) is 0.207. The zero-order valence-corrected chi connectivity index (χ0v) is 19.3. The first-order valence-corrected chi connectivity index (χ1v) is 11.5. The Balaban J connectivity index is 1.83. The van der Waals surface area contributed by atoms with E-state index in [1.807, 2.05) is 79.7 Å². The highest BCUT2D eigenvalue weighted by Crippen LogP contribution is 2.36. The molecule has 4 aromatic rings. The Bertz CT molecular complexity index is 1230. The third kappa shape index (κ3) is 5.01. The zero-order valence-electron chi connectivity index (χ0n) is 19.3. The van der Waals surface area contributed by atoms with Gasteiger partial charge in [-0.25, -0.2) is 0 Å². The number of carbonyl (C=O) groups excluding carboxylic acids is 1. The van der Waals surface area contributed by atoms with Gasteiger partial charge in [0, 0.05) is 23.5 Å². The lowest BCUT2D eigenvalue weighted by Crippen LogP contribution is -2.13. The van der Waals surface area contributed by atoms with E-state index in [9.17, 15) is 4.79 Å². The Morgan fingerprint density at radius 3 is 2.24 bits per heavy atom. The number of carbonyl (C=O) groups is 1. The molecule has 1 heterocycles. The standard InChI is InChI=1S/C29H30N2O2/c1-3-4-18-26-28(23-14-11-17-25(19-23)33-24-15-9-6-10-16-24)27(29(30)32)21(2)31(26)20-22-12-7-5-8-13-22/h5-17,19H,3-4,18,20H2,1-2H3,(H2,30,32). The van der Waals surface area contributed by atoms with Crippen molar-refractivity contribution in [3.8, 4) is 22.6 Å². The molecule has 0 fully saturated rings. The number of nitrogens with two attached hydrogens (primary N) is 1. The first-order valence-electron chi connectivity index (χ1n) is 11.5. The lowest BCUT2D eigenvalue weighted by molar-refractivity contribution is 0.1000. The first-order chi connectivity index (χ1) is 16.1. The molecule has 0 saturated carbocycles. The summed E-state index contributed by atoms with van der Waals surface area (Å²) in [6.45, 7) is 4.87. The van der Waals surface area contributed by atoms with E-state index in [-0.39, 0.29) is 0 Å². The Hall–Kier alpha value is -3.79. The van der Waals surface area contributed by atoms with Crippen LogP contribution in [0.5, 0.6) is 11.5 Å². The minimum absolute atomic E-state index is 0.401. The van der Waals surface area contributed by atoms with Gasteiger partial charge in [-0.05, 0) is 55.2 Å². The van der Waals surface area contributed by atoms with Crippen LogP contribution in [-0.2, 0) is 13.0 Å². The molecular weight excluding hydrogens is 408 g/mol. The number of primary amides is 1. The molecular formula is C29H30N2O2. The van der Waals surface area contributed by atoms with E-state index in [1.165, 1.54) is 5.56 Å². The van der Waals surface area contributed by atoms with Crippen LogP contribution in [0.2, 0.25) is 0 Å². The third-order valence-electron chi connectivity index (χ3n) is 5.93. The molecule has 4 rings (SSSR count). The lowest BCUT2D eigenvalue weighted by Gasteiger charge is -2.14. The summed E-state index contributed by atoms with van der Waals surface area (Å²) in [7, 11) is 0. The molecule has 0 aliphatic carbocycles. The molecule has 0 aliphatic heterocycles. The van der Waals surface area contributed by atoms with Gasteiger partial charge in [-0.1, -0.05) is 74.0 Å². The molecule has 0 bridgehead atoms. The Morgan fingerprint density at radius 2 is 1.58 bits per heavy atom. The number of para-hydroxylation sites is 1. The van der Waals surface area contributed by atoms with Crippen molar-refractivity contribution in [1.82, 2.24) is 4.57 Å². The van der Waals surface area contributed by atoms with Gasteiger partial charge in [0.15, 0.2) is 0 Å². The second-order valence-electron chi connectivity index (χ2n) is 8.26. The van der Waals surface area contributed by atoms with Crippen LogP contribution >= 0.6 is 0 Å². The number of rotatable bonds is 9. The zero-order chi connectivity index (χ0) is 23.2. The average molecular weight is 439 g/mol. The number of amides is 1. The molecule has 0 radical (unpaired) electrons. The van der Waals surface area contributed by atoms with Crippen molar-refractivity contribution in [3.63, 3.8) is 0 Å². The molecule has 0 unspecified atom stereocenters. The van der Waals surface area contributed by atoms with Gasteiger partial charge in [0.25, 0.3) is 5.91 Å². The molecule has 1 amide bonds. The number of aromatic nitrogens is 1. The molecule has 3 aromatic carbocycles. The molecule has 1 aromatic heterocycles. The highest BCUT2D eigenvalue weighted by molar-refractivity contribution is 6.02. The Labute approximate surface area is 195 Å². The summed E-state index contributed by atoms with van der Waals surface area (Å²) in [5.41, 5.74) is 11.6. The quantitative estimate of drug-likeness (QED) is 0.314.